The van der Waals surface area contributed by atoms with Crippen LogP contribution in [0, 0.1) is 5.92 Å². The van der Waals surface area contributed by atoms with Gasteiger partial charge in [-0.15, -0.1) is 0 Å². The molecular formula is C21H25N3O2S. The minimum Gasteiger partial charge on any atom is -0.454 e. The molecule has 0 saturated heterocycles. The van der Waals surface area contributed by atoms with Gasteiger partial charge < -0.3 is 19.7 Å². The van der Waals surface area contributed by atoms with Crippen LogP contribution >= 0.6 is 12.2 Å². The first kappa shape index (κ1) is 18.0. The normalized spacial score (nSPS) is 20.9. The van der Waals surface area contributed by atoms with Gasteiger partial charge in [0.05, 0.1) is 6.54 Å². The van der Waals surface area contributed by atoms with E-state index in [1.165, 1.54) is 25.7 Å². The van der Waals surface area contributed by atoms with E-state index in [4.69, 9.17) is 21.7 Å². The summed E-state index contributed by atoms with van der Waals surface area (Å²) in [5.41, 5.74) is 2.10. The minimum absolute atomic E-state index is 0.268. The summed E-state index contributed by atoms with van der Waals surface area (Å²) in [4.78, 5) is 6.36. The molecule has 0 bridgehead atoms. The van der Waals surface area contributed by atoms with Crippen LogP contribution in [0.2, 0.25) is 0 Å². The van der Waals surface area contributed by atoms with Crippen LogP contribution < -0.4 is 19.7 Å². The Hall–Kier alpha value is -2.34. The van der Waals surface area contributed by atoms with Crippen LogP contribution in [0.4, 0.5) is 5.69 Å². The highest BCUT2D eigenvalue weighted by atomic mass is 32.1. The molecule has 4 rings (SSSR count). The number of aromatic nitrogens is 1. The number of nitrogens with zero attached hydrogens (tertiary/aromatic N) is 2. The van der Waals surface area contributed by atoms with E-state index >= 15 is 0 Å². The van der Waals surface area contributed by atoms with Gasteiger partial charge in [-0.2, -0.15) is 0 Å². The molecule has 1 aliphatic carbocycles. The van der Waals surface area contributed by atoms with Gasteiger partial charge in [0, 0.05) is 30.2 Å². The van der Waals surface area contributed by atoms with Crippen molar-refractivity contribution in [3.63, 3.8) is 0 Å². The lowest BCUT2D eigenvalue weighted by atomic mass is 9.86. The number of fused-ring (bicyclic) bond motifs is 1. The lowest BCUT2D eigenvalue weighted by Crippen LogP contribution is -2.47. The fraction of sp³-hybridized carbons (Fsp3) is 0.429. The van der Waals surface area contributed by atoms with Crippen molar-refractivity contribution in [2.24, 2.45) is 5.92 Å². The summed E-state index contributed by atoms with van der Waals surface area (Å²) in [5.74, 6) is 2.17. The second-order valence-corrected chi connectivity index (χ2v) is 7.69. The van der Waals surface area contributed by atoms with Crippen LogP contribution in [0.5, 0.6) is 11.5 Å². The van der Waals surface area contributed by atoms with Gasteiger partial charge >= 0.3 is 0 Å². The van der Waals surface area contributed by atoms with E-state index in [-0.39, 0.29) is 6.79 Å². The highest BCUT2D eigenvalue weighted by molar-refractivity contribution is 7.80. The molecule has 1 aromatic carbocycles. The number of rotatable bonds is 4. The summed E-state index contributed by atoms with van der Waals surface area (Å²) in [6.07, 6.45) is 8.67. The predicted molar refractivity (Wildman–Crippen MR) is 110 cm³/mol. The van der Waals surface area contributed by atoms with Crippen molar-refractivity contribution in [1.82, 2.24) is 10.3 Å². The van der Waals surface area contributed by atoms with Gasteiger partial charge in [-0.1, -0.05) is 25.8 Å². The van der Waals surface area contributed by atoms with Crippen LogP contribution in [0.25, 0.3) is 0 Å². The molecule has 27 heavy (non-hydrogen) atoms. The summed E-state index contributed by atoms with van der Waals surface area (Å²) in [6, 6.07) is 10.4. The Morgan fingerprint density at radius 2 is 2.07 bits per heavy atom. The van der Waals surface area contributed by atoms with Gasteiger partial charge in [-0.3, -0.25) is 4.98 Å². The summed E-state index contributed by atoms with van der Waals surface area (Å²) < 4.78 is 11.0. The molecule has 6 heteroatoms. The molecule has 1 aliphatic heterocycles. The molecule has 2 aliphatic rings. The quantitative estimate of drug-likeness (QED) is 0.796. The van der Waals surface area contributed by atoms with Crippen molar-refractivity contribution in [2.75, 3.05) is 11.7 Å². The van der Waals surface area contributed by atoms with Crippen molar-refractivity contribution in [2.45, 2.75) is 45.2 Å². The van der Waals surface area contributed by atoms with Crippen LogP contribution in [0.3, 0.4) is 0 Å². The summed E-state index contributed by atoms with van der Waals surface area (Å²) >= 11 is 5.84. The SMILES string of the molecule is C[C@@H]1CCCC[C@H]1NC(=S)N(Cc1cccnc1)c1ccc2c(c1)OCO2. The topological polar surface area (TPSA) is 46.6 Å². The maximum atomic E-state index is 5.84. The Balaban J connectivity index is 1.58. The Morgan fingerprint density at radius 3 is 2.89 bits per heavy atom. The molecule has 0 spiro atoms. The zero-order valence-corrected chi connectivity index (χ0v) is 16.4. The van der Waals surface area contributed by atoms with E-state index in [0.717, 1.165) is 27.9 Å². The van der Waals surface area contributed by atoms with Gasteiger partial charge in [-0.25, -0.2) is 0 Å². The molecule has 142 valence electrons. The number of hydrogen-bond acceptors (Lipinski definition) is 4. The number of thiocarbonyl (C=S) groups is 1. The van der Waals surface area contributed by atoms with Crippen LogP contribution in [0.1, 0.15) is 38.2 Å². The lowest BCUT2D eigenvalue weighted by Gasteiger charge is -2.34. The van der Waals surface area contributed by atoms with E-state index in [2.05, 4.69) is 28.2 Å². The summed E-state index contributed by atoms with van der Waals surface area (Å²) in [5, 5.41) is 4.37. The maximum Gasteiger partial charge on any atom is 0.231 e. The van der Waals surface area contributed by atoms with Crippen LogP contribution in [-0.4, -0.2) is 22.9 Å². The van der Waals surface area contributed by atoms with Gasteiger partial charge in [0.25, 0.3) is 0 Å². The Morgan fingerprint density at radius 1 is 1.22 bits per heavy atom. The highest BCUT2D eigenvalue weighted by Gasteiger charge is 2.25. The number of nitrogens with one attached hydrogen (secondary N) is 1. The zero-order chi connectivity index (χ0) is 18.6. The molecule has 5 nitrogen and oxygen atoms in total. The molecule has 2 heterocycles. The Kier molecular flexibility index (Phi) is 5.43. The number of ether oxygens (including phenoxy) is 2. The van der Waals surface area contributed by atoms with Crippen LogP contribution in [-0.2, 0) is 6.54 Å². The number of benzene rings is 1. The van der Waals surface area contributed by atoms with Crippen molar-refractivity contribution >= 4 is 23.0 Å². The standard InChI is InChI=1S/C21H25N3O2S/c1-15-5-2-3-7-18(15)23-21(27)24(13-16-6-4-10-22-12-16)17-8-9-19-20(11-17)26-14-25-19/h4,6,8-12,15,18H,2-3,5,7,13-14H2,1H3,(H,23,27)/t15-,18-/m1/s1. The molecule has 1 fully saturated rings. The lowest BCUT2D eigenvalue weighted by molar-refractivity contribution is 0.174. The molecule has 0 amide bonds. The fourth-order valence-electron chi connectivity index (χ4n) is 3.77. The third-order valence-corrected chi connectivity index (χ3v) is 5.74. The first-order valence-corrected chi connectivity index (χ1v) is 9.98. The maximum absolute atomic E-state index is 5.84. The van der Waals surface area contributed by atoms with E-state index in [9.17, 15) is 0 Å². The van der Waals surface area contributed by atoms with Gasteiger partial charge in [-0.05, 0) is 54.7 Å². The predicted octanol–water partition coefficient (Wildman–Crippen LogP) is 4.27. The van der Waals surface area contributed by atoms with Crippen molar-refractivity contribution in [3.05, 3.63) is 48.3 Å². The minimum atomic E-state index is 0.268. The molecule has 2 aromatic rings. The number of pyridine rings is 1. The first-order chi connectivity index (χ1) is 13.2. The fourth-order valence-corrected chi connectivity index (χ4v) is 4.10. The van der Waals surface area contributed by atoms with Crippen LogP contribution in [0.15, 0.2) is 42.7 Å². The molecular weight excluding hydrogens is 358 g/mol. The zero-order valence-electron chi connectivity index (χ0n) is 15.6. The van der Waals surface area contributed by atoms with Gasteiger partial charge in [0.1, 0.15) is 0 Å². The average Bonchev–Trinajstić information content (AvgIpc) is 3.16. The smallest absolute Gasteiger partial charge is 0.231 e. The van der Waals surface area contributed by atoms with E-state index in [1.807, 2.05) is 30.5 Å². The van der Waals surface area contributed by atoms with E-state index in [0.29, 0.717) is 18.5 Å². The third-order valence-electron chi connectivity index (χ3n) is 5.40. The average molecular weight is 384 g/mol. The molecule has 1 aromatic heterocycles. The largest absolute Gasteiger partial charge is 0.454 e. The second-order valence-electron chi connectivity index (χ2n) is 7.30. The summed E-state index contributed by atoms with van der Waals surface area (Å²) in [7, 11) is 0. The van der Waals surface area contributed by atoms with Gasteiger partial charge in [0.2, 0.25) is 6.79 Å². The number of hydrogen-bond donors (Lipinski definition) is 1. The molecule has 2 atom stereocenters. The second kappa shape index (κ2) is 8.13. The van der Waals surface area contributed by atoms with Crippen molar-refractivity contribution < 1.29 is 9.47 Å². The van der Waals surface area contributed by atoms with Crippen molar-refractivity contribution in [1.29, 1.82) is 0 Å². The molecule has 0 unspecified atom stereocenters. The van der Waals surface area contributed by atoms with E-state index in [1.54, 1.807) is 6.20 Å². The highest BCUT2D eigenvalue weighted by Crippen LogP contribution is 2.36. The monoisotopic (exact) mass is 383 g/mol. The molecule has 1 N–H and O–H groups in total. The molecule has 1 saturated carbocycles. The van der Waals surface area contributed by atoms with Gasteiger partial charge in [0.15, 0.2) is 16.6 Å². The number of anilines is 1. The Bertz CT molecular complexity index is 799. The molecule has 0 radical (unpaired) electrons. The van der Waals surface area contributed by atoms with Crippen molar-refractivity contribution in [3.8, 4) is 11.5 Å². The summed E-state index contributed by atoms with van der Waals surface area (Å²) in [6.45, 7) is 3.23. The third kappa shape index (κ3) is 4.16. The first-order valence-electron chi connectivity index (χ1n) is 9.57. The Labute approximate surface area is 165 Å². The van der Waals surface area contributed by atoms with E-state index < -0.39 is 0 Å².